The van der Waals surface area contributed by atoms with Crippen LogP contribution < -0.4 is 5.32 Å². The third-order valence-corrected chi connectivity index (χ3v) is 3.04. The zero-order chi connectivity index (χ0) is 12.8. The lowest BCUT2D eigenvalue weighted by molar-refractivity contribution is 0.555. The Hall–Kier alpha value is -1.69. The molecule has 0 amide bonds. The molecule has 0 aliphatic rings. The summed E-state index contributed by atoms with van der Waals surface area (Å²) in [7, 11) is 1.99. The normalized spacial score (nSPS) is 11.0. The average molecular weight is 248 g/mol. The van der Waals surface area contributed by atoms with E-state index in [1.165, 1.54) is 0 Å². The smallest absolute Gasteiger partial charge is 0.146 e. The van der Waals surface area contributed by atoms with Gasteiger partial charge in [-0.1, -0.05) is 0 Å². The second kappa shape index (κ2) is 6.30. The van der Waals surface area contributed by atoms with Gasteiger partial charge in [0.05, 0.1) is 12.9 Å². The maximum Gasteiger partial charge on any atom is 0.146 e. The van der Waals surface area contributed by atoms with Gasteiger partial charge in [0.2, 0.25) is 0 Å². The van der Waals surface area contributed by atoms with E-state index in [0.717, 1.165) is 44.1 Å². The minimum Gasteiger partial charge on any atom is -0.337 e. The van der Waals surface area contributed by atoms with Crippen molar-refractivity contribution in [1.29, 1.82) is 0 Å². The molecule has 6 heteroatoms. The van der Waals surface area contributed by atoms with Gasteiger partial charge in [-0.25, -0.2) is 4.98 Å². The van der Waals surface area contributed by atoms with Gasteiger partial charge >= 0.3 is 0 Å². The number of hydrogen-bond acceptors (Lipinski definition) is 4. The molecule has 0 aromatic carbocycles. The average Bonchev–Trinajstić information content (AvgIpc) is 2.98. The van der Waals surface area contributed by atoms with E-state index in [9.17, 15) is 0 Å². The highest BCUT2D eigenvalue weighted by Crippen LogP contribution is 1.97. The van der Waals surface area contributed by atoms with Crippen LogP contribution in [0.5, 0.6) is 0 Å². The van der Waals surface area contributed by atoms with E-state index in [1.807, 2.05) is 37.3 Å². The highest BCUT2D eigenvalue weighted by Gasteiger charge is 2.03. The Morgan fingerprint density at radius 1 is 1.28 bits per heavy atom. The molecule has 0 saturated carbocycles. The van der Waals surface area contributed by atoms with Crippen LogP contribution in [0.4, 0.5) is 0 Å². The largest absolute Gasteiger partial charge is 0.337 e. The minimum absolute atomic E-state index is 0.780. The third kappa shape index (κ3) is 3.40. The van der Waals surface area contributed by atoms with Gasteiger partial charge in [-0.05, 0) is 26.3 Å². The van der Waals surface area contributed by atoms with Gasteiger partial charge in [-0.3, -0.25) is 0 Å². The summed E-state index contributed by atoms with van der Waals surface area (Å²) < 4.78 is 4.12. The van der Waals surface area contributed by atoms with E-state index in [2.05, 4.69) is 25.1 Å². The topological polar surface area (TPSA) is 60.6 Å². The van der Waals surface area contributed by atoms with Crippen molar-refractivity contribution in [2.75, 3.05) is 6.54 Å². The number of rotatable bonds is 7. The number of unbranched alkanes of at least 4 members (excludes halogenated alkanes) is 1. The van der Waals surface area contributed by atoms with Crippen molar-refractivity contribution in [3.8, 4) is 0 Å². The van der Waals surface area contributed by atoms with Crippen LogP contribution in [0.25, 0.3) is 0 Å². The lowest BCUT2D eigenvalue weighted by atomic mass is 10.3. The summed E-state index contributed by atoms with van der Waals surface area (Å²) >= 11 is 0. The molecule has 0 aliphatic heterocycles. The third-order valence-electron chi connectivity index (χ3n) is 3.04. The number of aryl methyl sites for hydroxylation is 2. The van der Waals surface area contributed by atoms with Crippen LogP contribution >= 0.6 is 0 Å². The molecule has 0 spiro atoms. The first kappa shape index (κ1) is 12.8. The molecular weight excluding hydrogens is 228 g/mol. The van der Waals surface area contributed by atoms with Crippen molar-refractivity contribution in [2.45, 2.75) is 32.9 Å². The molecule has 2 aromatic heterocycles. The van der Waals surface area contributed by atoms with Crippen LogP contribution in [0.2, 0.25) is 0 Å². The van der Waals surface area contributed by atoms with Crippen LogP contribution in [-0.4, -0.2) is 30.9 Å². The number of nitrogens with one attached hydrogen (secondary N) is 1. The Morgan fingerprint density at radius 2 is 2.17 bits per heavy atom. The summed E-state index contributed by atoms with van der Waals surface area (Å²) in [6.45, 7) is 4.77. The standard InChI is InChI=1S/C12H20N6/c1-11-15-16-12(17(11)2)9-13-5-3-4-7-18-8-6-14-10-18/h6,8,10,13H,3-5,7,9H2,1-2H3. The number of nitrogens with zero attached hydrogens (tertiary/aromatic N) is 5. The van der Waals surface area contributed by atoms with Gasteiger partial charge in [-0.15, -0.1) is 10.2 Å². The van der Waals surface area contributed by atoms with Crippen LogP contribution in [0.3, 0.4) is 0 Å². The van der Waals surface area contributed by atoms with Gasteiger partial charge in [0.25, 0.3) is 0 Å². The fourth-order valence-corrected chi connectivity index (χ4v) is 1.77. The van der Waals surface area contributed by atoms with Crippen molar-refractivity contribution < 1.29 is 0 Å². The fourth-order valence-electron chi connectivity index (χ4n) is 1.77. The Kier molecular flexibility index (Phi) is 4.46. The molecule has 2 heterocycles. The van der Waals surface area contributed by atoms with Crippen molar-refractivity contribution >= 4 is 0 Å². The number of aromatic nitrogens is 5. The van der Waals surface area contributed by atoms with E-state index in [0.29, 0.717) is 0 Å². The van der Waals surface area contributed by atoms with Crippen molar-refractivity contribution in [2.24, 2.45) is 7.05 Å². The Labute approximate surface area is 107 Å². The first-order valence-electron chi connectivity index (χ1n) is 6.28. The molecule has 0 atom stereocenters. The van der Waals surface area contributed by atoms with E-state index in [-0.39, 0.29) is 0 Å². The maximum absolute atomic E-state index is 4.11. The summed E-state index contributed by atoms with van der Waals surface area (Å²) in [5.74, 6) is 1.94. The first-order chi connectivity index (χ1) is 8.77. The second-order valence-corrected chi connectivity index (χ2v) is 4.41. The van der Waals surface area contributed by atoms with Gasteiger partial charge in [0.15, 0.2) is 0 Å². The molecule has 0 fully saturated rings. The van der Waals surface area contributed by atoms with Crippen molar-refractivity contribution in [3.63, 3.8) is 0 Å². The Balaban J connectivity index is 1.57. The molecule has 18 heavy (non-hydrogen) atoms. The number of hydrogen-bond donors (Lipinski definition) is 1. The summed E-state index contributed by atoms with van der Waals surface area (Å²) in [5, 5.41) is 11.5. The van der Waals surface area contributed by atoms with Gasteiger partial charge in [0.1, 0.15) is 11.6 Å². The Bertz CT molecular complexity index is 459. The molecule has 0 saturated heterocycles. The van der Waals surface area contributed by atoms with E-state index < -0.39 is 0 Å². The zero-order valence-electron chi connectivity index (χ0n) is 11.0. The fraction of sp³-hybridized carbons (Fsp3) is 0.583. The molecule has 2 aromatic rings. The molecule has 0 radical (unpaired) electrons. The maximum atomic E-state index is 4.11. The quantitative estimate of drug-likeness (QED) is 0.739. The van der Waals surface area contributed by atoms with Crippen LogP contribution in [-0.2, 0) is 20.1 Å². The molecular formula is C12H20N6. The van der Waals surface area contributed by atoms with Crippen molar-refractivity contribution in [1.82, 2.24) is 29.6 Å². The van der Waals surface area contributed by atoms with E-state index in [4.69, 9.17) is 0 Å². The van der Waals surface area contributed by atoms with Crippen molar-refractivity contribution in [3.05, 3.63) is 30.4 Å². The molecule has 0 bridgehead atoms. The van der Waals surface area contributed by atoms with Gasteiger partial charge < -0.3 is 14.5 Å². The van der Waals surface area contributed by atoms with Crippen LogP contribution in [0, 0.1) is 6.92 Å². The summed E-state index contributed by atoms with van der Waals surface area (Å²) in [5.41, 5.74) is 0. The molecule has 2 rings (SSSR count). The lowest BCUT2D eigenvalue weighted by Gasteiger charge is -2.05. The van der Waals surface area contributed by atoms with E-state index in [1.54, 1.807) is 0 Å². The summed E-state index contributed by atoms with van der Waals surface area (Å²) in [6.07, 6.45) is 7.97. The van der Waals surface area contributed by atoms with E-state index >= 15 is 0 Å². The first-order valence-corrected chi connectivity index (χ1v) is 6.28. The zero-order valence-corrected chi connectivity index (χ0v) is 11.0. The molecule has 1 N–H and O–H groups in total. The number of imidazole rings is 1. The van der Waals surface area contributed by atoms with Crippen LogP contribution in [0.1, 0.15) is 24.5 Å². The molecule has 6 nitrogen and oxygen atoms in total. The van der Waals surface area contributed by atoms with Gasteiger partial charge in [0, 0.05) is 26.0 Å². The Morgan fingerprint density at radius 3 is 2.83 bits per heavy atom. The second-order valence-electron chi connectivity index (χ2n) is 4.41. The SMILES string of the molecule is Cc1nnc(CNCCCCn2ccnc2)n1C. The summed E-state index contributed by atoms with van der Waals surface area (Å²) in [4.78, 5) is 4.02. The molecule has 0 aliphatic carbocycles. The monoisotopic (exact) mass is 248 g/mol. The highest BCUT2D eigenvalue weighted by molar-refractivity contribution is 4.91. The van der Waals surface area contributed by atoms with Gasteiger partial charge in [-0.2, -0.15) is 0 Å². The highest BCUT2D eigenvalue weighted by atomic mass is 15.3. The predicted octanol–water partition coefficient (Wildman–Crippen LogP) is 0.890. The van der Waals surface area contributed by atoms with Crippen LogP contribution in [0.15, 0.2) is 18.7 Å². The minimum atomic E-state index is 0.780. The molecule has 98 valence electrons. The predicted molar refractivity (Wildman–Crippen MR) is 68.9 cm³/mol. The molecule has 0 unspecified atom stereocenters. The summed E-state index contributed by atoms with van der Waals surface area (Å²) in [6, 6.07) is 0. The lowest BCUT2D eigenvalue weighted by Crippen LogP contribution is -2.18.